The van der Waals surface area contributed by atoms with E-state index in [4.69, 9.17) is 4.74 Å². The van der Waals surface area contributed by atoms with Crippen molar-refractivity contribution in [1.82, 2.24) is 5.32 Å². The Morgan fingerprint density at radius 3 is 2.95 bits per heavy atom. The molecule has 1 unspecified atom stereocenters. The summed E-state index contributed by atoms with van der Waals surface area (Å²) < 4.78 is 5.86. The van der Waals surface area contributed by atoms with Gasteiger partial charge in [0.1, 0.15) is 5.78 Å². The summed E-state index contributed by atoms with van der Waals surface area (Å²) in [6.45, 7) is 2.68. The SMILES string of the molecule is C[C@]12C[C@@H](CCO)C(=O)CN[C@@]1([C@H](O)C1C=CCCC1)CO2. The summed E-state index contributed by atoms with van der Waals surface area (Å²) >= 11 is 0. The monoisotopic (exact) mass is 309 g/mol. The van der Waals surface area contributed by atoms with Crippen LogP contribution in [0.1, 0.15) is 39.0 Å². The Balaban J connectivity index is 1.84. The second-order valence-corrected chi connectivity index (χ2v) is 7.19. The zero-order valence-electron chi connectivity index (χ0n) is 13.3. The minimum absolute atomic E-state index is 0.00734. The van der Waals surface area contributed by atoms with Crippen LogP contribution in [0, 0.1) is 11.8 Å². The molecule has 3 rings (SSSR count). The van der Waals surface area contributed by atoms with Crippen LogP contribution in [0.3, 0.4) is 0 Å². The molecule has 2 heterocycles. The van der Waals surface area contributed by atoms with Gasteiger partial charge in [0.25, 0.3) is 0 Å². The molecule has 2 aliphatic heterocycles. The van der Waals surface area contributed by atoms with Crippen molar-refractivity contribution >= 4 is 5.78 Å². The first kappa shape index (κ1) is 16.1. The fraction of sp³-hybridized carbons (Fsp3) is 0.824. The number of rotatable bonds is 4. The van der Waals surface area contributed by atoms with Crippen LogP contribution in [0.25, 0.3) is 0 Å². The Hall–Kier alpha value is -0.750. The first-order valence-corrected chi connectivity index (χ1v) is 8.40. The second-order valence-electron chi connectivity index (χ2n) is 7.19. The lowest BCUT2D eigenvalue weighted by Gasteiger charge is -2.60. The third-order valence-electron chi connectivity index (χ3n) is 5.91. The van der Waals surface area contributed by atoms with E-state index in [-0.39, 0.29) is 30.8 Å². The minimum Gasteiger partial charge on any atom is -0.396 e. The quantitative estimate of drug-likeness (QED) is 0.669. The van der Waals surface area contributed by atoms with E-state index < -0.39 is 17.2 Å². The topological polar surface area (TPSA) is 78.8 Å². The van der Waals surface area contributed by atoms with Crippen molar-refractivity contribution in [3.63, 3.8) is 0 Å². The zero-order valence-corrected chi connectivity index (χ0v) is 13.3. The van der Waals surface area contributed by atoms with Crippen molar-refractivity contribution in [2.24, 2.45) is 11.8 Å². The van der Waals surface area contributed by atoms with Gasteiger partial charge in [0, 0.05) is 18.4 Å². The fourth-order valence-corrected chi connectivity index (χ4v) is 4.32. The first-order valence-electron chi connectivity index (χ1n) is 8.40. The number of aliphatic hydroxyl groups excluding tert-OH is 2. The van der Waals surface area contributed by atoms with Crippen LogP contribution in [0.15, 0.2) is 12.2 Å². The number of ether oxygens (including phenoxy) is 1. The standard InChI is InChI=1S/C17H27NO4/c1-16-9-13(7-8-19)14(20)10-18-17(16,11-22-16)15(21)12-5-3-2-4-6-12/h3,5,12-13,15,18-19,21H,2,4,6-11H2,1H3/t12?,13-,15-,16+,17-/m1/s1. The molecule has 3 aliphatic rings. The molecule has 0 radical (unpaired) electrons. The summed E-state index contributed by atoms with van der Waals surface area (Å²) in [6.07, 6.45) is 7.88. The van der Waals surface area contributed by atoms with Gasteiger partial charge in [-0.15, -0.1) is 0 Å². The van der Waals surface area contributed by atoms with Crippen LogP contribution >= 0.6 is 0 Å². The molecule has 22 heavy (non-hydrogen) atoms. The molecule has 0 aromatic carbocycles. The zero-order chi connectivity index (χ0) is 15.8. The number of allylic oxidation sites excluding steroid dienone is 1. The molecule has 3 N–H and O–H groups in total. The normalized spacial score (nSPS) is 43.1. The van der Waals surface area contributed by atoms with Crippen LogP contribution in [-0.4, -0.2) is 53.0 Å². The number of carbonyl (C=O) groups is 1. The molecule has 124 valence electrons. The van der Waals surface area contributed by atoms with Gasteiger partial charge in [-0.3, -0.25) is 10.1 Å². The highest BCUT2D eigenvalue weighted by molar-refractivity contribution is 5.83. The Morgan fingerprint density at radius 1 is 1.55 bits per heavy atom. The van der Waals surface area contributed by atoms with Crippen LogP contribution < -0.4 is 5.32 Å². The Kier molecular flexibility index (Phi) is 4.42. The lowest BCUT2D eigenvalue weighted by molar-refractivity contribution is -0.262. The van der Waals surface area contributed by atoms with Gasteiger partial charge in [-0.1, -0.05) is 12.2 Å². The summed E-state index contributed by atoms with van der Waals surface area (Å²) in [5.41, 5.74) is -1.11. The van der Waals surface area contributed by atoms with Crippen LogP contribution in [0.4, 0.5) is 0 Å². The van der Waals surface area contributed by atoms with Crippen LogP contribution in [-0.2, 0) is 9.53 Å². The van der Waals surface area contributed by atoms with E-state index in [2.05, 4.69) is 17.5 Å². The largest absolute Gasteiger partial charge is 0.396 e. The van der Waals surface area contributed by atoms with E-state index in [9.17, 15) is 15.0 Å². The predicted octanol–water partition coefficient (Wildman–Crippen LogP) is 0.792. The van der Waals surface area contributed by atoms with E-state index in [0.717, 1.165) is 19.3 Å². The average Bonchev–Trinajstić information content (AvgIpc) is 2.59. The van der Waals surface area contributed by atoms with Gasteiger partial charge in [0.15, 0.2) is 0 Å². The van der Waals surface area contributed by atoms with Crippen LogP contribution in [0.2, 0.25) is 0 Å². The molecule has 0 spiro atoms. The summed E-state index contributed by atoms with van der Waals surface area (Å²) in [4.78, 5) is 12.3. The van der Waals surface area contributed by atoms with Gasteiger partial charge >= 0.3 is 0 Å². The number of Topliss-reactive ketones (excluding diaryl/α,β-unsaturated/α-hetero) is 1. The molecule has 5 nitrogen and oxygen atoms in total. The van der Waals surface area contributed by atoms with Gasteiger partial charge in [-0.25, -0.2) is 0 Å². The van der Waals surface area contributed by atoms with Gasteiger partial charge < -0.3 is 14.9 Å². The highest BCUT2D eigenvalue weighted by atomic mass is 16.5. The summed E-state index contributed by atoms with van der Waals surface area (Å²) in [6, 6.07) is 0. The molecule has 2 fully saturated rings. The molecule has 0 aromatic heterocycles. The van der Waals surface area contributed by atoms with E-state index in [0.29, 0.717) is 19.4 Å². The van der Waals surface area contributed by atoms with Crippen molar-refractivity contribution in [3.05, 3.63) is 12.2 Å². The van der Waals surface area contributed by atoms with Crippen molar-refractivity contribution in [2.45, 2.75) is 56.3 Å². The highest BCUT2D eigenvalue weighted by Crippen LogP contribution is 2.48. The molecule has 0 amide bonds. The predicted molar refractivity (Wildman–Crippen MR) is 82.4 cm³/mol. The molecule has 5 heteroatoms. The van der Waals surface area contributed by atoms with E-state index >= 15 is 0 Å². The lowest BCUT2D eigenvalue weighted by atomic mass is 9.65. The molecule has 5 atom stereocenters. The minimum atomic E-state index is -0.556. The van der Waals surface area contributed by atoms with Crippen molar-refractivity contribution < 1.29 is 19.7 Å². The van der Waals surface area contributed by atoms with Crippen molar-refractivity contribution in [1.29, 1.82) is 0 Å². The third-order valence-corrected chi connectivity index (χ3v) is 5.91. The second kappa shape index (κ2) is 6.04. The average molecular weight is 309 g/mol. The van der Waals surface area contributed by atoms with E-state index in [1.165, 1.54) is 0 Å². The van der Waals surface area contributed by atoms with Crippen molar-refractivity contribution in [3.8, 4) is 0 Å². The molecule has 1 aliphatic carbocycles. The maximum Gasteiger partial charge on any atom is 0.149 e. The van der Waals surface area contributed by atoms with Crippen molar-refractivity contribution in [2.75, 3.05) is 19.8 Å². The maximum absolute atomic E-state index is 12.3. The number of aliphatic hydroxyl groups is 2. The number of nitrogens with one attached hydrogen (secondary N) is 1. The maximum atomic E-state index is 12.3. The smallest absolute Gasteiger partial charge is 0.149 e. The third kappa shape index (κ3) is 2.44. The Bertz CT molecular complexity index is 466. The molecule has 2 saturated heterocycles. The van der Waals surface area contributed by atoms with Gasteiger partial charge in [0.05, 0.1) is 30.4 Å². The Morgan fingerprint density at radius 2 is 2.36 bits per heavy atom. The Labute approximate surface area is 131 Å². The summed E-state index contributed by atoms with van der Waals surface area (Å²) in [5.74, 6) is 0.0341. The lowest BCUT2D eigenvalue weighted by Crippen LogP contribution is -2.79. The molecule has 0 bridgehead atoms. The van der Waals surface area contributed by atoms with Crippen LogP contribution in [0.5, 0.6) is 0 Å². The summed E-state index contributed by atoms with van der Waals surface area (Å²) in [7, 11) is 0. The van der Waals surface area contributed by atoms with Gasteiger partial charge in [-0.2, -0.15) is 0 Å². The molecular weight excluding hydrogens is 282 g/mol. The van der Waals surface area contributed by atoms with E-state index in [1.807, 2.05) is 6.92 Å². The molecule has 0 saturated carbocycles. The number of fused-ring (bicyclic) bond motifs is 1. The number of hydrogen-bond donors (Lipinski definition) is 3. The molecule has 0 aromatic rings. The molecular formula is C17H27NO4. The first-order chi connectivity index (χ1) is 10.5. The number of ketones is 1. The van der Waals surface area contributed by atoms with E-state index in [1.54, 1.807) is 0 Å². The number of hydrogen-bond acceptors (Lipinski definition) is 5. The van der Waals surface area contributed by atoms with Gasteiger partial charge in [-0.05, 0) is 39.0 Å². The summed E-state index contributed by atoms with van der Waals surface area (Å²) in [5, 5.41) is 23.5. The highest BCUT2D eigenvalue weighted by Gasteiger charge is 2.64. The number of carbonyl (C=O) groups excluding carboxylic acids is 1. The van der Waals surface area contributed by atoms with Gasteiger partial charge in [0.2, 0.25) is 0 Å². The fourth-order valence-electron chi connectivity index (χ4n) is 4.32.